The number of rotatable bonds is 3. The summed E-state index contributed by atoms with van der Waals surface area (Å²) in [6.45, 7) is 4.06. The highest BCUT2D eigenvalue weighted by Gasteiger charge is 2.61. The van der Waals surface area contributed by atoms with Crippen LogP contribution in [-0.2, 0) is 14.4 Å². The lowest BCUT2D eigenvalue weighted by Crippen LogP contribution is -2.57. The van der Waals surface area contributed by atoms with E-state index in [1.165, 1.54) is 0 Å². The van der Waals surface area contributed by atoms with Crippen LogP contribution in [0.15, 0.2) is 5.16 Å². The Morgan fingerprint density at radius 2 is 1.96 bits per heavy atom. The van der Waals surface area contributed by atoms with Gasteiger partial charge in [-0.3, -0.25) is 4.79 Å². The van der Waals surface area contributed by atoms with Crippen molar-refractivity contribution in [3.8, 4) is 0 Å². The molecule has 4 saturated carbocycles. The molecular weight excluding hydrogens is 346 g/mol. The monoisotopic (exact) mass is 377 g/mol. The zero-order valence-corrected chi connectivity index (χ0v) is 16.3. The van der Waals surface area contributed by atoms with Gasteiger partial charge in [0.2, 0.25) is 6.61 Å². The smallest absolute Gasteiger partial charge is 0.344 e. The third kappa shape index (κ3) is 2.91. The summed E-state index contributed by atoms with van der Waals surface area (Å²) in [4.78, 5) is 28.1. The van der Waals surface area contributed by atoms with Crippen LogP contribution in [0.1, 0.15) is 65.2 Å². The molecule has 0 heterocycles. The summed E-state index contributed by atoms with van der Waals surface area (Å²) in [6, 6.07) is 0. The average molecular weight is 377 g/mol. The Labute approximate surface area is 160 Å². The first-order chi connectivity index (χ1) is 12.8. The number of ketones is 1. The van der Waals surface area contributed by atoms with E-state index in [-0.39, 0.29) is 22.9 Å². The molecule has 4 fully saturated rings. The Hall–Kier alpha value is -1.43. The first-order valence-corrected chi connectivity index (χ1v) is 10.4. The van der Waals surface area contributed by atoms with Crippen molar-refractivity contribution in [3.05, 3.63) is 0 Å². The Morgan fingerprint density at radius 1 is 1.19 bits per heavy atom. The number of aliphatic hydroxyl groups is 1. The van der Waals surface area contributed by atoms with Crippen LogP contribution in [0.25, 0.3) is 0 Å². The maximum Gasteiger partial charge on any atom is 0.344 e. The number of hydrogen-bond donors (Lipinski definition) is 2. The minimum atomic E-state index is -1.03. The molecule has 0 spiro atoms. The van der Waals surface area contributed by atoms with Crippen molar-refractivity contribution >= 4 is 17.5 Å². The number of aliphatic carboxylic acids is 1. The zero-order chi connectivity index (χ0) is 19.4. The van der Waals surface area contributed by atoms with Crippen LogP contribution >= 0.6 is 0 Å². The fraction of sp³-hybridized carbons (Fsp3) is 0.857. The minimum absolute atomic E-state index is 0.0567. The van der Waals surface area contributed by atoms with Gasteiger partial charge >= 0.3 is 5.97 Å². The molecule has 3 unspecified atom stereocenters. The second kappa shape index (κ2) is 6.57. The summed E-state index contributed by atoms with van der Waals surface area (Å²) in [5.41, 5.74) is 0.755. The molecule has 4 aliphatic carbocycles. The van der Waals surface area contributed by atoms with Crippen LogP contribution in [0.5, 0.6) is 0 Å². The summed E-state index contributed by atoms with van der Waals surface area (Å²) in [6.07, 6.45) is 6.57. The van der Waals surface area contributed by atoms with Crippen molar-refractivity contribution in [3.63, 3.8) is 0 Å². The highest BCUT2D eigenvalue weighted by Crippen LogP contribution is 2.65. The number of carbonyl (C=O) groups excluding carboxylic acids is 1. The molecule has 6 nitrogen and oxygen atoms in total. The van der Waals surface area contributed by atoms with E-state index in [1.807, 2.05) is 0 Å². The molecule has 2 N–H and O–H groups in total. The highest BCUT2D eigenvalue weighted by atomic mass is 16.6. The fourth-order valence-corrected chi connectivity index (χ4v) is 7.13. The number of nitrogens with zero attached hydrogens (tertiary/aromatic N) is 1. The van der Waals surface area contributed by atoms with E-state index in [9.17, 15) is 14.7 Å². The van der Waals surface area contributed by atoms with Crippen LogP contribution in [-0.4, -0.2) is 40.4 Å². The Kier molecular flexibility index (Phi) is 4.60. The molecule has 7 atom stereocenters. The number of aliphatic hydroxyl groups excluding tert-OH is 1. The summed E-state index contributed by atoms with van der Waals surface area (Å²) < 4.78 is 0. The molecule has 0 bridgehead atoms. The van der Waals surface area contributed by atoms with Gasteiger partial charge in [0.25, 0.3) is 0 Å². The topological polar surface area (TPSA) is 96.2 Å². The predicted octanol–water partition coefficient (Wildman–Crippen LogP) is 3.03. The van der Waals surface area contributed by atoms with Crippen molar-refractivity contribution in [2.75, 3.05) is 6.61 Å². The van der Waals surface area contributed by atoms with Gasteiger partial charge < -0.3 is 15.1 Å². The van der Waals surface area contributed by atoms with E-state index in [1.54, 1.807) is 0 Å². The highest BCUT2D eigenvalue weighted by molar-refractivity contribution is 5.87. The normalized spacial score (nSPS) is 47.9. The largest absolute Gasteiger partial charge is 0.479 e. The Morgan fingerprint density at radius 3 is 2.70 bits per heavy atom. The summed E-state index contributed by atoms with van der Waals surface area (Å²) in [7, 11) is 0. The first kappa shape index (κ1) is 18.9. The zero-order valence-electron chi connectivity index (χ0n) is 16.3. The number of carbonyl (C=O) groups is 2. The maximum absolute atomic E-state index is 12.5. The fourth-order valence-electron chi connectivity index (χ4n) is 7.13. The number of Topliss-reactive ketones (excluding diaryl/α,β-unsaturated/α-hetero) is 1. The van der Waals surface area contributed by atoms with E-state index in [0.717, 1.165) is 44.2 Å². The molecule has 150 valence electrons. The van der Waals surface area contributed by atoms with Crippen molar-refractivity contribution in [1.82, 2.24) is 0 Å². The standard InChI is InChI=1S/C21H31NO5/c1-20-7-5-12(22-27-11-19(25)26)9-16(20)17(23)10-13-14-3-4-18(24)21(14,2)8-6-15(13)20/h13-17,23H,3-11H2,1-2H3,(H,25,26)/t13?,14?,15?,16-,17-,20-,21+/m1/s1. The van der Waals surface area contributed by atoms with Crippen molar-refractivity contribution in [2.45, 2.75) is 71.3 Å². The Balaban J connectivity index is 1.54. The molecule has 4 rings (SSSR count). The van der Waals surface area contributed by atoms with Gasteiger partial charge in [0.1, 0.15) is 5.78 Å². The van der Waals surface area contributed by atoms with E-state index in [0.29, 0.717) is 36.4 Å². The molecule has 27 heavy (non-hydrogen) atoms. The van der Waals surface area contributed by atoms with Gasteiger partial charge in [0.05, 0.1) is 11.8 Å². The van der Waals surface area contributed by atoms with Crippen LogP contribution < -0.4 is 0 Å². The Bertz CT molecular complexity index is 675. The minimum Gasteiger partial charge on any atom is -0.479 e. The summed E-state index contributed by atoms with van der Waals surface area (Å²) >= 11 is 0. The van der Waals surface area contributed by atoms with Crippen molar-refractivity contribution in [1.29, 1.82) is 0 Å². The van der Waals surface area contributed by atoms with Crippen LogP contribution in [0.3, 0.4) is 0 Å². The third-order valence-corrected chi connectivity index (χ3v) is 8.61. The van der Waals surface area contributed by atoms with E-state index in [2.05, 4.69) is 19.0 Å². The van der Waals surface area contributed by atoms with E-state index < -0.39 is 12.6 Å². The first-order valence-electron chi connectivity index (χ1n) is 10.4. The molecule has 0 aliphatic heterocycles. The summed E-state index contributed by atoms with van der Waals surface area (Å²) in [5, 5.41) is 23.8. The lowest BCUT2D eigenvalue weighted by Gasteiger charge is -2.60. The predicted molar refractivity (Wildman–Crippen MR) is 99.1 cm³/mol. The molecule has 4 aliphatic rings. The van der Waals surface area contributed by atoms with Crippen LogP contribution in [0.4, 0.5) is 0 Å². The number of oxime groups is 1. The molecule has 0 radical (unpaired) electrons. The SMILES string of the molecule is C[C@]12CCC3C(C[C@@H](O)[C@H]4CC(=NOCC(=O)O)CC[C@]34C)C1CCC2=O. The lowest BCUT2D eigenvalue weighted by atomic mass is 9.44. The molecule has 6 heteroatoms. The van der Waals surface area contributed by atoms with Crippen molar-refractivity contribution < 1.29 is 24.6 Å². The quantitative estimate of drug-likeness (QED) is 0.737. The number of fused-ring (bicyclic) bond motifs is 5. The van der Waals surface area contributed by atoms with E-state index in [4.69, 9.17) is 9.94 Å². The number of carboxylic acids is 1. The van der Waals surface area contributed by atoms with Gasteiger partial charge in [0.15, 0.2) is 0 Å². The number of carboxylic acid groups (broad SMARTS) is 1. The summed E-state index contributed by atoms with van der Waals surface area (Å²) in [5.74, 6) is 0.953. The van der Waals surface area contributed by atoms with Gasteiger partial charge in [-0.2, -0.15) is 0 Å². The number of hydrogen-bond acceptors (Lipinski definition) is 5. The molecule has 0 aromatic heterocycles. The molecular formula is C21H31NO5. The van der Waals surface area contributed by atoms with Gasteiger partial charge in [-0.05, 0) is 74.0 Å². The third-order valence-electron chi connectivity index (χ3n) is 8.61. The lowest BCUT2D eigenvalue weighted by molar-refractivity contribution is -0.153. The molecule has 0 saturated heterocycles. The average Bonchev–Trinajstić information content (AvgIpc) is 2.91. The maximum atomic E-state index is 12.5. The van der Waals surface area contributed by atoms with Crippen molar-refractivity contribution in [2.24, 2.45) is 39.7 Å². The second-order valence-electron chi connectivity index (χ2n) is 9.74. The molecule has 0 amide bonds. The van der Waals surface area contributed by atoms with Crippen LogP contribution in [0.2, 0.25) is 0 Å². The van der Waals surface area contributed by atoms with Gasteiger partial charge in [-0.25, -0.2) is 4.79 Å². The van der Waals surface area contributed by atoms with Gasteiger partial charge in [-0.15, -0.1) is 0 Å². The van der Waals surface area contributed by atoms with E-state index >= 15 is 0 Å². The molecule has 0 aromatic carbocycles. The van der Waals surface area contributed by atoms with Crippen LogP contribution in [0, 0.1) is 34.5 Å². The van der Waals surface area contributed by atoms with Gasteiger partial charge in [0, 0.05) is 11.8 Å². The van der Waals surface area contributed by atoms with Gasteiger partial charge in [-0.1, -0.05) is 19.0 Å². The molecule has 0 aromatic rings. The second-order valence-corrected chi connectivity index (χ2v) is 9.74.